The predicted octanol–water partition coefficient (Wildman–Crippen LogP) is 6.32. The maximum Gasteiger partial charge on any atom is -0.147 e. The molecule has 0 bridgehead atoms. The molecule has 0 N–H and O–H groups in total. The Morgan fingerprint density at radius 2 is 0.952 bits per heavy atom. The fourth-order valence-electron chi connectivity index (χ4n) is 2.88. The summed E-state index contributed by atoms with van der Waals surface area (Å²) in [4.78, 5) is 0. The van der Waals surface area contributed by atoms with E-state index in [1.165, 1.54) is 0 Å². The first-order valence-corrected chi connectivity index (χ1v) is 10.0. The van der Waals surface area contributed by atoms with Gasteiger partial charge in [0.25, 0.3) is 0 Å². The third-order valence-electron chi connectivity index (χ3n) is 4.84. The van der Waals surface area contributed by atoms with Gasteiger partial charge in [-0.1, -0.05) is 0 Å². The molecule has 2 aliphatic heterocycles. The third kappa shape index (κ3) is 3.74. The zero-order valence-corrected chi connectivity index (χ0v) is 19.0. The summed E-state index contributed by atoms with van der Waals surface area (Å²) in [5.74, 6) is 0. The van der Waals surface area contributed by atoms with Crippen LogP contribution in [-0.2, 0) is 16.3 Å². The van der Waals surface area contributed by atoms with Crippen molar-refractivity contribution in [3.05, 3.63) is 22.3 Å². The monoisotopic (exact) mass is 401 g/mol. The quantitative estimate of drug-likeness (QED) is 0.474. The molecule has 0 spiro atoms. The first kappa shape index (κ1) is 22.0. The molecule has 2 heterocycles. The maximum absolute atomic E-state index is 2.50. The van der Waals surface area contributed by atoms with Crippen molar-refractivity contribution in [2.24, 2.45) is 0 Å². The Bertz CT molecular complexity index is 525. The number of rotatable bonds is 2. The average molecular weight is 402 g/mol. The van der Waals surface area contributed by atoms with Crippen molar-refractivity contribution >= 4 is 51.8 Å². The number of allylic oxidation sites excluding steroid dienone is 4. The van der Waals surface area contributed by atoms with Crippen LogP contribution in [0.15, 0.2) is 22.3 Å². The summed E-state index contributed by atoms with van der Waals surface area (Å²) in [5, 5.41) is 3.18. The molecule has 2 atom stereocenters. The molecule has 0 saturated carbocycles. The van der Waals surface area contributed by atoms with Crippen LogP contribution in [-0.4, -0.2) is 18.3 Å². The number of hydrogen-bond donors (Lipinski definition) is 0. The van der Waals surface area contributed by atoms with Gasteiger partial charge in [0.05, 0.1) is 0 Å². The van der Waals surface area contributed by atoms with Crippen LogP contribution in [0.5, 0.6) is 0 Å². The molecule has 2 unspecified atom stereocenters. The SMILES string of the molecule is CC1=P[C](C)([V][C]2(C)P=C(C)C(C)=C2C)C(C)=C1C.Cl.Cl. The van der Waals surface area contributed by atoms with Gasteiger partial charge in [0.15, 0.2) is 0 Å². The van der Waals surface area contributed by atoms with Gasteiger partial charge in [-0.25, -0.2) is 0 Å². The molecule has 0 aromatic carbocycles. The second kappa shape index (κ2) is 7.26. The Hall–Kier alpha value is 0.984. The summed E-state index contributed by atoms with van der Waals surface area (Å²) in [6.45, 7) is 19.0. The standard InChI is InChI=1S/2C8H12P.2ClH.V/c2*1-5-6(2)8(4)9-7(5)3;;;/h2*1-4H3;2*1H;. The van der Waals surface area contributed by atoms with Crippen molar-refractivity contribution in [1.82, 2.24) is 0 Å². The van der Waals surface area contributed by atoms with Crippen molar-refractivity contribution in [1.29, 1.82) is 0 Å². The molecule has 0 aromatic heterocycles. The second-order valence-corrected chi connectivity index (χ2v) is 13.9. The normalized spacial score (nSPS) is 33.1. The third-order valence-corrected chi connectivity index (χ3v) is 11.9. The van der Waals surface area contributed by atoms with Crippen LogP contribution < -0.4 is 0 Å². The van der Waals surface area contributed by atoms with Gasteiger partial charge in [-0.05, 0) is 0 Å². The molecular weight excluding hydrogens is 376 g/mol. The van der Waals surface area contributed by atoms with Crippen molar-refractivity contribution in [2.75, 3.05) is 0 Å². The molecule has 21 heavy (non-hydrogen) atoms. The minimum absolute atomic E-state index is 0. The van der Waals surface area contributed by atoms with E-state index in [-0.39, 0.29) is 41.1 Å². The summed E-state index contributed by atoms with van der Waals surface area (Å²) in [5.41, 5.74) is 6.43. The number of hydrogen-bond acceptors (Lipinski definition) is 0. The fourth-order valence-corrected chi connectivity index (χ4v) is 11.9. The fraction of sp³-hybridized carbons (Fsp3) is 0.625. The largest absolute Gasteiger partial charge is 0.147 e. The zero-order valence-electron chi connectivity index (χ0n) is 14.2. The van der Waals surface area contributed by atoms with Gasteiger partial charge in [0.2, 0.25) is 0 Å². The van der Waals surface area contributed by atoms with Crippen LogP contribution in [0.2, 0.25) is 0 Å². The van der Waals surface area contributed by atoms with Gasteiger partial charge in [-0.15, -0.1) is 24.8 Å². The second-order valence-electron chi connectivity index (χ2n) is 6.05. The van der Waals surface area contributed by atoms with Crippen LogP contribution in [0.3, 0.4) is 0 Å². The van der Waals surface area contributed by atoms with Crippen LogP contribution in [0, 0.1) is 0 Å². The topological polar surface area (TPSA) is 0 Å². The Kier molecular flexibility index (Phi) is 7.60. The van der Waals surface area contributed by atoms with Crippen molar-refractivity contribution in [3.63, 3.8) is 0 Å². The van der Waals surface area contributed by atoms with Gasteiger partial charge in [-0.3, -0.25) is 0 Å². The van der Waals surface area contributed by atoms with Gasteiger partial charge in [0, 0.05) is 0 Å². The van der Waals surface area contributed by atoms with E-state index in [0.717, 1.165) is 0 Å². The molecule has 119 valence electrons. The first-order chi connectivity index (χ1) is 8.61. The smallest absolute Gasteiger partial charge is 0.147 e. The molecule has 5 heteroatoms. The van der Waals surface area contributed by atoms with Gasteiger partial charge in [-0.2, -0.15) is 0 Å². The number of halogens is 2. The average Bonchev–Trinajstić information content (AvgIpc) is 2.61. The molecule has 2 rings (SSSR count). The van der Waals surface area contributed by atoms with E-state index in [2.05, 4.69) is 55.4 Å². The van der Waals surface area contributed by atoms with Crippen LogP contribution >= 0.6 is 41.2 Å². The van der Waals surface area contributed by atoms with Gasteiger partial charge < -0.3 is 0 Å². The summed E-state index contributed by atoms with van der Waals surface area (Å²) >= 11 is 0.255. The maximum atomic E-state index is 2.50. The molecular formula is C16H26Cl2P2V. The minimum Gasteiger partial charge on any atom is -0.147 e. The Labute approximate surface area is 153 Å². The Morgan fingerprint density at radius 3 is 1.14 bits per heavy atom. The van der Waals surface area contributed by atoms with Crippen molar-refractivity contribution in [2.45, 2.75) is 63.1 Å². The van der Waals surface area contributed by atoms with Gasteiger partial charge >= 0.3 is 129 Å². The molecule has 0 radical (unpaired) electrons. The summed E-state index contributed by atoms with van der Waals surface area (Å²) in [7, 11) is 3.14. The van der Waals surface area contributed by atoms with Crippen LogP contribution in [0.4, 0.5) is 0 Å². The van der Waals surface area contributed by atoms with Crippen LogP contribution in [0.25, 0.3) is 0 Å². The molecule has 0 aliphatic carbocycles. The van der Waals surface area contributed by atoms with E-state index >= 15 is 0 Å². The van der Waals surface area contributed by atoms with Crippen molar-refractivity contribution in [3.8, 4) is 0 Å². The summed E-state index contributed by atoms with van der Waals surface area (Å²) < 4.78 is 0.858. The summed E-state index contributed by atoms with van der Waals surface area (Å²) in [6, 6.07) is 0. The predicted molar refractivity (Wildman–Crippen MR) is 103 cm³/mol. The van der Waals surface area contributed by atoms with E-state index in [1.54, 1.807) is 49.3 Å². The zero-order chi connectivity index (χ0) is 14.6. The molecule has 0 amide bonds. The van der Waals surface area contributed by atoms with Crippen molar-refractivity contribution < 1.29 is 16.3 Å². The molecule has 0 fully saturated rings. The van der Waals surface area contributed by atoms with E-state index in [1.807, 2.05) is 0 Å². The van der Waals surface area contributed by atoms with Crippen LogP contribution in [0.1, 0.15) is 55.4 Å². The first-order valence-electron chi connectivity index (χ1n) is 6.84. The molecule has 2 aliphatic rings. The minimum atomic E-state index is 0. The van der Waals surface area contributed by atoms with Gasteiger partial charge in [0.1, 0.15) is 0 Å². The van der Waals surface area contributed by atoms with E-state index in [9.17, 15) is 0 Å². The summed E-state index contributed by atoms with van der Waals surface area (Å²) in [6.07, 6.45) is 0. The molecule has 0 nitrogen and oxygen atoms in total. The van der Waals surface area contributed by atoms with E-state index in [4.69, 9.17) is 0 Å². The Balaban J connectivity index is 0.00000200. The Morgan fingerprint density at radius 1 is 0.667 bits per heavy atom. The molecule has 0 aromatic rings. The van der Waals surface area contributed by atoms with E-state index < -0.39 is 0 Å². The molecule has 0 saturated heterocycles. The van der Waals surface area contributed by atoms with E-state index in [0.29, 0.717) is 7.74 Å².